The van der Waals surface area contributed by atoms with Crippen LogP contribution in [0.15, 0.2) is 40.9 Å². The molecule has 0 saturated heterocycles. The first-order valence-corrected chi connectivity index (χ1v) is 6.39. The fourth-order valence-electron chi connectivity index (χ4n) is 1.76. The van der Waals surface area contributed by atoms with E-state index in [-0.39, 0.29) is 0 Å². The summed E-state index contributed by atoms with van der Waals surface area (Å²) in [6.45, 7) is 0. The van der Waals surface area contributed by atoms with E-state index >= 15 is 0 Å². The van der Waals surface area contributed by atoms with E-state index in [1.807, 2.05) is 12.1 Å². The quantitative estimate of drug-likeness (QED) is 0.754. The second-order valence-corrected chi connectivity index (χ2v) is 5.09. The minimum Gasteiger partial charge on any atom is -0.447 e. The van der Waals surface area contributed by atoms with Crippen molar-refractivity contribution in [3.05, 3.63) is 57.3 Å². The van der Waals surface area contributed by atoms with Crippen molar-refractivity contribution in [1.82, 2.24) is 0 Å². The van der Waals surface area contributed by atoms with E-state index in [1.54, 1.807) is 18.2 Å². The summed E-state index contributed by atoms with van der Waals surface area (Å²) in [6, 6.07) is 9.83. The van der Waals surface area contributed by atoms with Gasteiger partial charge >= 0.3 is 0 Å². The maximum atomic E-state index is 13.8. The third kappa shape index (κ3) is 1.95. The van der Waals surface area contributed by atoms with E-state index in [2.05, 4.69) is 15.9 Å². The summed E-state index contributed by atoms with van der Waals surface area (Å²) in [5.74, 6) is 0.719. The maximum Gasteiger partial charge on any atom is 0.270 e. The molecular formula is C13H7BrClFO2. The van der Waals surface area contributed by atoms with Crippen LogP contribution in [-0.4, -0.2) is 0 Å². The molecule has 18 heavy (non-hydrogen) atoms. The molecule has 0 N–H and O–H groups in total. The summed E-state index contributed by atoms with van der Waals surface area (Å²) in [6.07, 6.45) is -0.782. The second kappa shape index (κ2) is 4.44. The average Bonchev–Trinajstić information content (AvgIpc) is 2.74. The summed E-state index contributed by atoms with van der Waals surface area (Å²) in [5.41, 5.74) is 0.322. The molecule has 0 aromatic heterocycles. The SMILES string of the molecule is Fc1cc(Cl)ccc1C1Oc2cccc(Br)c2O1. The molecule has 1 atom stereocenters. The molecule has 2 nitrogen and oxygen atoms in total. The van der Waals surface area contributed by atoms with Gasteiger partial charge in [0.25, 0.3) is 6.29 Å². The standard InChI is InChI=1S/C13H7BrClFO2/c14-9-2-1-3-11-12(9)18-13(17-11)8-5-4-7(15)6-10(8)16/h1-6,13H. The molecule has 0 saturated carbocycles. The summed E-state index contributed by atoms with van der Waals surface area (Å²) < 4.78 is 25.7. The lowest BCUT2D eigenvalue weighted by atomic mass is 10.2. The molecule has 1 unspecified atom stereocenters. The fourth-order valence-corrected chi connectivity index (χ4v) is 2.36. The predicted molar refractivity (Wildman–Crippen MR) is 69.5 cm³/mol. The molecule has 0 fully saturated rings. The number of fused-ring (bicyclic) bond motifs is 1. The number of rotatable bonds is 1. The minimum atomic E-state index is -0.782. The Morgan fingerprint density at radius 3 is 2.72 bits per heavy atom. The van der Waals surface area contributed by atoms with Crippen LogP contribution in [0.4, 0.5) is 4.39 Å². The van der Waals surface area contributed by atoms with Gasteiger partial charge in [-0.25, -0.2) is 4.39 Å². The molecule has 1 aliphatic heterocycles. The van der Waals surface area contributed by atoms with E-state index in [0.29, 0.717) is 22.1 Å². The molecule has 3 rings (SSSR count). The Bertz CT molecular complexity index is 618. The number of benzene rings is 2. The first-order valence-electron chi connectivity index (χ1n) is 5.22. The van der Waals surface area contributed by atoms with Gasteiger partial charge in [-0.05, 0) is 46.3 Å². The minimum absolute atomic E-state index is 0.322. The molecular weight excluding hydrogens is 322 g/mol. The Morgan fingerprint density at radius 2 is 2.00 bits per heavy atom. The number of para-hydroxylation sites is 1. The van der Waals surface area contributed by atoms with Crippen molar-refractivity contribution in [1.29, 1.82) is 0 Å². The van der Waals surface area contributed by atoms with Crippen molar-refractivity contribution in [2.75, 3.05) is 0 Å². The van der Waals surface area contributed by atoms with Gasteiger partial charge in [-0.1, -0.05) is 17.7 Å². The van der Waals surface area contributed by atoms with Crippen LogP contribution < -0.4 is 9.47 Å². The third-order valence-electron chi connectivity index (χ3n) is 2.61. The lowest BCUT2D eigenvalue weighted by molar-refractivity contribution is 0.0451. The fraction of sp³-hybridized carbons (Fsp3) is 0.0769. The van der Waals surface area contributed by atoms with Crippen LogP contribution in [0, 0.1) is 5.82 Å². The van der Waals surface area contributed by atoms with Crippen LogP contribution in [0.5, 0.6) is 11.5 Å². The third-order valence-corrected chi connectivity index (χ3v) is 3.47. The summed E-state index contributed by atoms with van der Waals surface area (Å²) in [4.78, 5) is 0. The highest BCUT2D eigenvalue weighted by Crippen LogP contribution is 2.45. The first-order chi connectivity index (χ1) is 8.65. The molecule has 1 aliphatic rings. The molecule has 0 amide bonds. The monoisotopic (exact) mass is 328 g/mol. The zero-order chi connectivity index (χ0) is 12.7. The van der Waals surface area contributed by atoms with Crippen LogP contribution in [-0.2, 0) is 0 Å². The van der Waals surface area contributed by atoms with E-state index in [1.165, 1.54) is 6.07 Å². The first kappa shape index (κ1) is 11.8. The van der Waals surface area contributed by atoms with E-state index < -0.39 is 12.1 Å². The van der Waals surface area contributed by atoms with Crippen molar-refractivity contribution >= 4 is 27.5 Å². The van der Waals surface area contributed by atoms with E-state index in [0.717, 1.165) is 4.47 Å². The molecule has 2 aromatic carbocycles. The maximum absolute atomic E-state index is 13.8. The highest BCUT2D eigenvalue weighted by Gasteiger charge is 2.29. The van der Waals surface area contributed by atoms with Crippen molar-refractivity contribution in [3.63, 3.8) is 0 Å². The zero-order valence-electron chi connectivity index (χ0n) is 8.99. The molecule has 0 bridgehead atoms. The van der Waals surface area contributed by atoms with E-state index in [9.17, 15) is 4.39 Å². The lowest BCUT2D eigenvalue weighted by Crippen LogP contribution is -2.10. The Hall–Kier alpha value is -1.26. The Morgan fingerprint density at radius 1 is 1.17 bits per heavy atom. The smallest absolute Gasteiger partial charge is 0.270 e. The number of ether oxygens (including phenoxy) is 2. The summed E-state index contributed by atoms with van der Waals surface area (Å²) in [7, 11) is 0. The van der Waals surface area contributed by atoms with Gasteiger partial charge in [0, 0.05) is 5.02 Å². The van der Waals surface area contributed by atoms with Crippen LogP contribution in [0.1, 0.15) is 11.9 Å². The Labute approximate surface area is 116 Å². The number of halogens is 3. The largest absolute Gasteiger partial charge is 0.447 e. The van der Waals surface area contributed by atoms with Crippen LogP contribution in [0.2, 0.25) is 5.02 Å². The molecule has 5 heteroatoms. The van der Waals surface area contributed by atoms with Gasteiger partial charge in [0.1, 0.15) is 5.82 Å². The summed E-state index contributed by atoms with van der Waals surface area (Å²) >= 11 is 9.07. The van der Waals surface area contributed by atoms with Gasteiger partial charge in [0.05, 0.1) is 10.0 Å². The topological polar surface area (TPSA) is 18.5 Å². The highest BCUT2D eigenvalue weighted by molar-refractivity contribution is 9.10. The van der Waals surface area contributed by atoms with Gasteiger partial charge in [-0.15, -0.1) is 0 Å². The molecule has 2 aromatic rings. The van der Waals surface area contributed by atoms with Crippen LogP contribution in [0.25, 0.3) is 0 Å². The molecule has 0 aliphatic carbocycles. The van der Waals surface area contributed by atoms with Crippen molar-refractivity contribution < 1.29 is 13.9 Å². The van der Waals surface area contributed by atoms with E-state index in [4.69, 9.17) is 21.1 Å². The Kier molecular flexibility index (Phi) is 2.92. The Balaban J connectivity index is 1.96. The zero-order valence-corrected chi connectivity index (χ0v) is 11.3. The normalized spacial score (nSPS) is 16.9. The predicted octanol–water partition coefficient (Wildman–Crippen LogP) is 4.71. The second-order valence-electron chi connectivity index (χ2n) is 3.80. The lowest BCUT2D eigenvalue weighted by Gasteiger charge is -2.11. The van der Waals surface area contributed by atoms with Crippen molar-refractivity contribution in [2.45, 2.75) is 6.29 Å². The van der Waals surface area contributed by atoms with Gasteiger partial charge in [-0.2, -0.15) is 0 Å². The van der Waals surface area contributed by atoms with Gasteiger partial charge in [0.2, 0.25) is 0 Å². The summed E-state index contributed by atoms with van der Waals surface area (Å²) in [5, 5.41) is 0.341. The van der Waals surface area contributed by atoms with Gasteiger partial charge < -0.3 is 9.47 Å². The highest BCUT2D eigenvalue weighted by atomic mass is 79.9. The molecule has 0 radical (unpaired) electrons. The molecule has 92 valence electrons. The van der Waals surface area contributed by atoms with Gasteiger partial charge in [0.15, 0.2) is 11.5 Å². The average molecular weight is 330 g/mol. The molecule has 0 spiro atoms. The van der Waals surface area contributed by atoms with Crippen LogP contribution in [0.3, 0.4) is 0 Å². The number of hydrogen-bond donors (Lipinski definition) is 0. The molecule has 1 heterocycles. The van der Waals surface area contributed by atoms with Gasteiger partial charge in [-0.3, -0.25) is 0 Å². The van der Waals surface area contributed by atoms with Crippen molar-refractivity contribution in [3.8, 4) is 11.5 Å². The number of hydrogen-bond acceptors (Lipinski definition) is 2. The van der Waals surface area contributed by atoms with Crippen LogP contribution >= 0.6 is 27.5 Å². The van der Waals surface area contributed by atoms with Crippen molar-refractivity contribution in [2.24, 2.45) is 0 Å².